The summed E-state index contributed by atoms with van der Waals surface area (Å²) in [6.45, 7) is 6.68. The van der Waals surface area contributed by atoms with Crippen molar-refractivity contribution in [1.29, 1.82) is 0 Å². The summed E-state index contributed by atoms with van der Waals surface area (Å²) in [5.41, 5.74) is 2.12. The predicted octanol–water partition coefficient (Wildman–Crippen LogP) is 4.91. The number of amides is 1. The highest BCUT2D eigenvalue weighted by Crippen LogP contribution is 2.55. The van der Waals surface area contributed by atoms with E-state index in [1.165, 1.54) is 44.1 Å². The molecule has 4 fully saturated rings. The number of fused-ring (bicyclic) bond motifs is 1. The summed E-state index contributed by atoms with van der Waals surface area (Å²) in [5.74, 6) is 2.80. The van der Waals surface area contributed by atoms with Gasteiger partial charge in [0.15, 0.2) is 0 Å². The van der Waals surface area contributed by atoms with Gasteiger partial charge in [-0.2, -0.15) is 0 Å². The van der Waals surface area contributed by atoms with E-state index in [0.717, 1.165) is 36.4 Å². The number of ether oxygens (including phenoxy) is 1. The van der Waals surface area contributed by atoms with Crippen molar-refractivity contribution in [3.63, 3.8) is 0 Å². The van der Waals surface area contributed by atoms with E-state index in [4.69, 9.17) is 4.74 Å². The minimum atomic E-state index is -0.480. The van der Waals surface area contributed by atoms with Gasteiger partial charge in [0.25, 0.3) is 0 Å². The molecule has 4 aliphatic carbocycles. The second kappa shape index (κ2) is 6.48. The molecule has 0 saturated heterocycles. The molecular formula is C24H34N2O2. The van der Waals surface area contributed by atoms with Crippen LogP contribution in [-0.2, 0) is 11.2 Å². The molecule has 1 amide bonds. The van der Waals surface area contributed by atoms with Crippen LogP contribution in [0.1, 0.15) is 64.9 Å². The van der Waals surface area contributed by atoms with Crippen LogP contribution in [0.3, 0.4) is 0 Å². The largest absolute Gasteiger partial charge is 0.443 e. The number of benzene rings is 1. The molecule has 1 aliphatic heterocycles. The first-order chi connectivity index (χ1) is 13.3. The molecule has 0 unspecified atom stereocenters. The van der Waals surface area contributed by atoms with Crippen molar-refractivity contribution in [2.45, 2.75) is 82.9 Å². The van der Waals surface area contributed by atoms with Crippen molar-refractivity contribution >= 4 is 11.8 Å². The van der Waals surface area contributed by atoms with E-state index in [1.807, 2.05) is 31.7 Å². The minimum absolute atomic E-state index is 0.139. The molecule has 0 spiro atoms. The monoisotopic (exact) mass is 382 g/mol. The summed E-state index contributed by atoms with van der Waals surface area (Å²) < 4.78 is 5.76. The topological polar surface area (TPSA) is 41.6 Å². The van der Waals surface area contributed by atoms with E-state index in [2.05, 4.69) is 23.5 Å². The Labute approximate surface area is 169 Å². The molecule has 6 rings (SSSR count). The number of para-hydroxylation sites is 1. The molecule has 5 aliphatic rings. The van der Waals surface area contributed by atoms with Gasteiger partial charge in [-0.15, -0.1) is 0 Å². The Hall–Kier alpha value is -1.55. The first kappa shape index (κ1) is 18.5. The first-order valence-electron chi connectivity index (χ1n) is 11.2. The molecular weight excluding hydrogens is 348 g/mol. The first-order valence-corrected chi connectivity index (χ1v) is 11.2. The molecule has 28 heavy (non-hydrogen) atoms. The zero-order valence-electron chi connectivity index (χ0n) is 17.5. The summed E-state index contributed by atoms with van der Waals surface area (Å²) >= 11 is 0. The Bertz CT molecular complexity index is 731. The lowest BCUT2D eigenvalue weighted by Crippen LogP contribution is -2.60. The summed E-state index contributed by atoms with van der Waals surface area (Å²) in [6.07, 6.45) is 9.09. The minimum Gasteiger partial charge on any atom is -0.443 e. The highest BCUT2D eigenvalue weighted by atomic mass is 16.6. The van der Waals surface area contributed by atoms with Crippen LogP contribution in [0.25, 0.3) is 0 Å². The number of carbonyl (C=O) groups is 1. The third-order valence-corrected chi connectivity index (χ3v) is 7.41. The van der Waals surface area contributed by atoms with E-state index in [0.29, 0.717) is 5.54 Å². The summed E-state index contributed by atoms with van der Waals surface area (Å²) in [4.78, 5) is 14.9. The van der Waals surface area contributed by atoms with Crippen LogP contribution >= 0.6 is 0 Å². The summed E-state index contributed by atoms with van der Waals surface area (Å²) in [5, 5.41) is 4.00. The fraction of sp³-hybridized carbons (Fsp3) is 0.708. The fourth-order valence-electron chi connectivity index (χ4n) is 6.84. The number of hydrogen-bond donors (Lipinski definition) is 1. The van der Waals surface area contributed by atoms with E-state index < -0.39 is 5.60 Å². The highest BCUT2D eigenvalue weighted by molar-refractivity contribution is 5.91. The Kier molecular flexibility index (Phi) is 4.28. The molecule has 1 atom stereocenters. The van der Waals surface area contributed by atoms with Gasteiger partial charge in [-0.1, -0.05) is 18.2 Å². The Morgan fingerprint density at radius 3 is 2.32 bits per heavy atom. The molecule has 0 aromatic heterocycles. The number of nitrogens with zero attached hydrogens (tertiary/aromatic N) is 1. The standard InChI is InChI=1S/C24H34N2O2/c1-23(2,3)28-22(27)26-20(11-19-6-4-5-7-21(19)26)15-25-24-12-16-8-17(13-24)10-18(9-16)14-24/h4-7,16-18,20,25H,8-15H2,1-3H3/t16?,17?,18?,20-,24?/m0/s1. The molecule has 1 N–H and O–H groups in total. The quantitative estimate of drug-likeness (QED) is 0.807. The molecule has 1 aromatic rings. The molecule has 1 aromatic carbocycles. The average molecular weight is 383 g/mol. The van der Waals surface area contributed by atoms with Crippen LogP contribution in [0.5, 0.6) is 0 Å². The van der Waals surface area contributed by atoms with Gasteiger partial charge in [-0.25, -0.2) is 4.79 Å². The molecule has 4 bridgehead atoms. The van der Waals surface area contributed by atoms with Crippen molar-refractivity contribution in [2.75, 3.05) is 11.4 Å². The Balaban J connectivity index is 1.33. The fourth-order valence-corrected chi connectivity index (χ4v) is 6.84. The zero-order chi connectivity index (χ0) is 19.5. The molecule has 4 saturated carbocycles. The van der Waals surface area contributed by atoms with E-state index >= 15 is 0 Å². The van der Waals surface area contributed by atoms with Crippen molar-refractivity contribution < 1.29 is 9.53 Å². The van der Waals surface area contributed by atoms with E-state index in [-0.39, 0.29) is 12.1 Å². The Morgan fingerprint density at radius 1 is 1.11 bits per heavy atom. The van der Waals surface area contributed by atoms with Gasteiger partial charge in [0.05, 0.1) is 11.7 Å². The maximum atomic E-state index is 13.0. The van der Waals surface area contributed by atoms with Gasteiger partial charge in [0.1, 0.15) is 5.60 Å². The van der Waals surface area contributed by atoms with Crippen LogP contribution in [0.4, 0.5) is 10.5 Å². The maximum absolute atomic E-state index is 13.0. The SMILES string of the molecule is CC(C)(C)OC(=O)N1c2ccccc2C[C@H]1CNC12CC3CC(CC(C3)C1)C2. The van der Waals surface area contributed by atoms with Crippen molar-refractivity contribution in [2.24, 2.45) is 17.8 Å². The van der Waals surface area contributed by atoms with Crippen LogP contribution < -0.4 is 10.2 Å². The lowest BCUT2D eigenvalue weighted by molar-refractivity contribution is -0.0202. The Morgan fingerprint density at radius 2 is 1.71 bits per heavy atom. The zero-order valence-corrected chi connectivity index (χ0v) is 17.5. The van der Waals surface area contributed by atoms with Crippen LogP contribution in [0, 0.1) is 17.8 Å². The van der Waals surface area contributed by atoms with Gasteiger partial charge in [-0.3, -0.25) is 4.90 Å². The van der Waals surface area contributed by atoms with Crippen LogP contribution in [0.15, 0.2) is 24.3 Å². The second-order valence-corrected chi connectivity index (χ2v) is 10.9. The normalized spacial score (nSPS) is 35.9. The summed E-state index contributed by atoms with van der Waals surface area (Å²) in [7, 11) is 0. The highest BCUT2D eigenvalue weighted by Gasteiger charge is 2.51. The molecule has 1 heterocycles. The number of nitrogens with one attached hydrogen (secondary N) is 1. The number of hydrogen-bond acceptors (Lipinski definition) is 3. The van der Waals surface area contributed by atoms with Gasteiger partial charge >= 0.3 is 6.09 Å². The van der Waals surface area contributed by atoms with Crippen molar-refractivity contribution in [3.05, 3.63) is 29.8 Å². The molecule has 0 radical (unpaired) electrons. The number of rotatable bonds is 3. The van der Waals surface area contributed by atoms with Crippen LogP contribution in [0.2, 0.25) is 0 Å². The lowest BCUT2D eigenvalue weighted by Gasteiger charge is -2.57. The number of carbonyl (C=O) groups excluding carboxylic acids is 1. The maximum Gasteiger partial charge on any atom is 0.415 e. The van der Waals surface area contributed by atoms with E-state index in [9.17, 15) is 4.79 Å². The molecule has 4 heteroatoms. The molecule has 4 nitrogen and oxygen atoms in total. The third kappa shape index (κ3) is 3.34. The smallest absolute Gasteiger partial charge is 0.415 e. The van der Waals surface area contributed by atoms with Crippen molar-refractivity contribution in [3.8, 4) is 0 Å². The van der Waals surface area contributed by atoms with Gasteiger partial charge in [0, 0.05) is 12.1 Å². The van der Waals surface area contributed by atoms with Crippen LogP contribution in [-0.4, -0.2) is 29.8 Å². The predicted molar refractivity (Wildman–Crippen MR) is 112 cm³/mol. The van der Waals surface area contributed by atoms with Gasteiger partial charge < -0.3 is 10.1 Å². The summed E-state index contributed by atoms with van der Waals surface area (Å²) in [6, 6.07) is 8.44. The van der Waals surface area contributed by atoms with Crippen molar-refractivity contribution in [1.82, 2.24) is 5.32 Å². The average Bonchev–Trinajstić information content (AvgIpc) is 2.96. The van der Waals surface area contributed by atoms with Gasteiger partial charge in [0.2, 0.25) is 0 Å². The van der Waals surface area contributed by atoms with E-state index in [1.54, 1.807) is 0 Å². The van der Waals surface area contributed by atoms with Gasteiger partial charge in [-0.05, 0) is 95.1 Å². The third-order valence-electron chi connectivity index (χ3n) is 7.41. The second-order valence-electron chi connectivity index (χ2n) is 10.9. The number of anilines is 1. The molecule has 152 valence electrons. The lowest BCUT2D eigenvalue weighted by atomic mass is 9.53.